The zero-order valence-corrected chi connectivity index (χ0v) is 25.4. The van der Waals surface area contributed by atoms with E-state index in [4.69, 9.17) is 4.74 Å². The molecule has 0 saturated heterocycles. The first-order chi connectivity index (χ1) is 18.4. The van der Waals surface area contributed by atoms with Crippen molar-refractivity contribution in [1.29, 1.82) is 0 Å². The van der Waals surface area contributed by atoms with Crippen molar-refractivity contribution in [2.75, 3.05) is 29.9 Å². The third-order valence-corrected chi connectivity index (χ3v) is 6.64. The molecular weight excluding hydrogens is 530 g/mol. The van der Waals surface area contributed by atoms with E-state index in [-0.39, 0.29) is 28.2 Å². The highest BCUT2D eigenvalue weighted by Crippen LogP contribution is 2.39. The van der Waals surface area contributed by atoms with Gasteiger partial charge in [0, 0.05) is 18.3 Å². The number of sulfonamides is 1. The summed E-state index contributed by atoms with van der Waals surface area (Å²) in [5, 5.41) is 10.1. The summed E-state index contributed by atoms with van der Waals surface area (Å²) in [6, 6.07) is 8.64. The summed E-state index contributed by atoms with van der Waals surface area (Å²) in [5.74, 6) is -0.458. The predicted molar refractivity (Wildman–Crippen MR) is 158 cm³/mol. The van der Waals surface area contributed by atoms with Crippen LogP contribution in [0.1, 0.15) is 73.4 Å². The van der Waals surface area contributed by atoms with Gasteiger partial charge in [-0.05, 0) is 53.1 Å². The van der Waals surface area contributed by atoms with E-state index in [2.05, 4.69) is 20.5 Å². The van der Waals surface area contributed by atoms with Gasteiger partial charge in [-0.15, -0.1) is 0 Å². The standard InChI is InChI=1S/C29H39N5O5S/c1-18-10-11-19(12-24(18)34-16-20(15-31-34)26(35)30-17-28(2,3)4)27(36)32-22-13-21(29(5,6)7)14-23(25(22)39-8)33-40(9,37)38/h10-16,33H,17H2,1-9H3,(H,30,35)(H,32,36). The number of carbonyl (C=O) groups excluding carboxylic acids is 2. The number of ether oxygens (including phenoxy) is 1. The Kier molecular flexibility index (Phi) is 8.69. The first-order valence-electron chi connectivity index (χ1n) is 12.8. The van der Waals surface area contributed by atoms with Crippen LogP contribution in [0.3, 0.4) is 0 Å². The number of methoxy groups -OCH3 is 1. The normalized spacial score (nSPS) is 12.1. The third kappa shape index (κ3) is 7.84. The lowest BCUT2D eigenvalue weighted by Crippen LogP contribution is -2.32. The highest BCUT2D eigenvalue weighted by atomic mass is 32.2. The molecule has 1 aromatic heterocycles. The van der Waals surface area contributed by atoms with E-state index < -0.39 is 15.9 Å². The molecule has 0 saturated carbocycles. The molecule has 0 radical (unpaired) electrons. The number of aryl methyl sites for hydroxylation is 1. The molecule has 0 aliphatic rings. The number of nitrogens with zero attached hydrogens (tertiary/aromatic N) is 2. The van der Waals surface area contributed by atoms with Crippen molar-refractivity contribution in [1.82, 2.24) is 15.1 Å². The maximum Gasteiger partial charge on any atom is 0.255 e. The first-order valence-corrected chi connectivity index (χ1v) is 14.7. The number of hydrogen-bond acceptors (Lipinski definition) is 6. The van der Waals surface area contributed by atoms with Crippen LogP contribution in [0.2, 0.25) is 0 Å². The molecule has 2 amide bonds. The molecule has 0 atom stereocenters. The van der Waals surface area contributed by atoms with Crippen molar-refractivity contribution in [2.45, 2.75) is 53.9 Å². The minimum absolute atomic E-state index is 0.0549. The molecule has 216 valence electrons. The molecule has 2 aromatic carbocycles. The minimum Gasteiger partial charge on any atom is -0.492 e. The Bertz CT molecular complexity index is 1530. The fraction of sp³-hybridized carbons (Fsp3) is 0.414. The SMILES string of the molecule is COc1c(NC(=O)c2ccc(C)c(-n3cc(C(=O)NCC(C)(C)C)cn3)c2)cc(C(C)(C)C)cc1NS(C)(=O)=O. The van der Waals surface area contributed by atoms with Gasteiger partial charge in [-0.3, -0.25) is 14.3 Å². The van der Waals surface area contributed by atoms with Crippen molar-refractivity contribution < 1.29 is 22.7 Å². The van der Waals surface area contributed by atoms with Crippen LogP contribution in [0.25, 0.3) is 5.69 Å². The average molecular weight is 570 g/mol. The van der Waals surface area contributed by atoms with Gasteiger partial charge in [-0.2, -0.15) is 5.10 Å². The maximum absolute atomic E-state index is 13.4. The van der Waals surface area contributed by atoms with Crippen molar-refractivity contribution in [3.63, 3.8) is 0 Å². The smallest absolute Gasteiger partial charge is 0.255 e. The number of rotatable bonds is 8. The first kappa shape index (κ1) is 30.7. The van der Waals surface area contributed by atoms with E-state index in [1.165, 1.54) is 13.3 Å². The molecule has 3 rings (SSSR count). The lowest BCUT2D eigenvalue weighted by molar-refractivity contribution is 0.0938. The monoisotopic (exact) mass is 569 g/mol. The Balaban J connectivity index is 1.95. The topological polar surface area (TPSA) is 131 Å². The van der Waals surface area contributed by atoms with Crippen LogP contribution < -0.4 is 20.1 Å². The van der Waals surface area contributed by atoms with Gasteiger partial charge in [0.15, 0.2) is 5.75 Å². The Hall–Kier alpha value is -3.86. The molecule has 1 heterocycles. The molecule has 0 aliphatic heterocycles. The summed E-state index contributed by atoms with van der Waals surface area (Å²) < 4.78 is 33.6. The molecule has 3 N–H and O–H groups in total. The van der Waals surface area contributed by atoms with Gasteiger partial charge in [0.25, 0.3) is 11.8 Å². The second-order valence-electron chi connectivity index (χ2n) is 12.1. The average Bonchev–Trinajstić information content (AvgIpc) is 3.30. The van der Waals surface area contributed by atoms with Crippen molar-refractivity contribution in [3.05, 3.63) is 65.0 Å². The Morgan fingerprint density at radius 1 is 0.975 bits per heavy atom. The van der Waals surface area contributed by atoms with Crippen molar-refractivity contribution in [2.24, 2.45) is 5.41 Å². The summed E-state index contributed by atoms with van der Waals surface area (Å²) in [5.41, 5.74) is 3.20. The Labute approximate surface area is 236 Å². The number of hydrogen-bond donors (Lipinski definition) is 3. The number of nitrogens with one attached hydrogen (secondary N) is 3. The van der Waals surface area contributed by atoms with E-state index in [1.54, 1.807) is 41.2 Å². The second-order valence-corrected chi connectivity index (χ2v) is 13.8. The second kappa shape index (κ2) is 11.3. The zero-order valence-electron chi connectivity index (χ0n) is 24.6. The van der Waals surface area contributed by atoms with Gasteiger partial charge >= 0.3 is 0 Å². The molecule has 0 aliphatic carbocycles. The molecule has 10 nitrogen and oxygen atoms in total. The highest BCUT2D eigenvalue weighted by molar-refractivity contribution is 7.92. The van der Waals surface area contributed by atoms with Gasteiger partial charge in [-0.1, -0.05) is 47.6 Å². The number of anilines is 2. The quantitative estimate of drug-likeness (QED) is 0.354. The van der Waals surface area contributed by atoms with Crippen LogP contribution in [0, 0.1) is 12.3 Å². The zero-order chi connectivity index (χ0) is 30.0. The summed E-state index contributed by atoms with van der Waals surface area (Å²) >= 11 is 0. The largest absolute Gasteiger partial charge is 0.492 e. The van der Waals surface area contributed by atoms with Gasteiger partial charge in [0.05, 0.1) is 42.2 Å². The molecule has 0 fully saturated rings. The number of amides is 2. The fourth-order valence-corrected chi connectivity index (χ4v) is 4.41. The van der Waals surface area contributed by atoms with Crippen LogP contribution in [0.15, 0.2) is 42.7 Å². The molecule has 0 bridgehead atoms. The van der Waals surface area contributed by atoms with E-state index in [0.717, 1.165) is 17.4 Å². The van der Waals surface area contributed by atoms with E-state index in [9.17, 15) is 18.0 Å². The van der Waals surface area contributed by atoms with Crippen LogP contribution >= 0.6 is 0 Å². The van der Waals surface area contributed by atoms with Gasteiger partial charge in [0.2, 0.25) is 10.0 Å². The summed E-state index contributed by atoms with van der Waals surface area (Å²) in [6.07, 6.45) is 4.17. The molecule has 3 aromatic rings. The summed E-state index contributed by atoms with van der Waals surface area (Å²) in [4.78, 5) is 26.0. The van der Waals surface area contributed by atoms with Gasteiger partial charge in [0.1, 0.15) is 0 Å². The predicted octanol–water partition coefficient (Wildman–Crippen LogP) is 4.89. The highest BCUT2D eigenvalue weighted by Gasteiger charge is 2.23. The molecule has 40 heavy (non-hydrogen) atoms. The van der Waals surface area contributed by atoms with Crippen LogP contribution in [0.5, 0.6) is 5.75 Å². The minimum atomic E-state index is -3.61. The lowest BCUT2D eigenvalue weighted by Gasteiger charge is -2.24. The van der Waals surface area contributed by atoms with Gasteiger partial charge < -0.3 is 15.4 Å². The van der Waals surface area contributed by atoms with E-state index >= 15 is 0 Å². The van der Waals surface area contributed by atoms with Crippen molar-refractivity contribution in [3.8, 4) is 11.4 Å². The Morgan fingerprint density at radius 2 is 1.62 bits per heavy atom. The van der Waals surface area contributed by atoms with E-state index in [1.807, 2.05) is 48.5 Å². The molecular formula is C29H39N5O5S. The van der Waals surface area contributed by atoms with Crippen LogP contribution in [-0.4, -0.2) is 49.9 Å². The molecule has 0 unspecified atom stereocenters. The van der Waals surface area contributed by atoms with Crippen LogP contribution in [-0.2, 0) is 15.4 Å². The van der Waals surface area contributed by atoms with Crippen LogP contribution in [0.4, 0.5) is 11.4 Å². The number of carbonyl (C=O) groups is 2. The molecule has 0 spiro atoms. The molecule has 11 heteroatoms. The third-order valence-electron chi connectivity index (χ3n) is 6.04. The lowest BCUT2D eigenvalue weighted by atomic mass is 9.86. The number of aromatic nitrogens is 2. The summed E-state index contributed by atoms with van der Waals surface area (Å²) in [6.45, 7) is 14.5. The summed E-state index contributed by atoms with van der Waals surface area (Å²) in [7, 11) is -2.20. The Morgan fingerprint density at radius 3 is 2.20 bits per heavy atom. The van der Waals surface area contributed by atoms with Gasteiger partial charge in [-0.25, -0.2) is 13.1 Å². The van der Waals surface area contributed by atoms with E-state index in [0.29, 0.717) is 29.0 Å². The van der Waals surface area contributed by atoms with Crippen molar-refractivity contribution >= 4 is 33.2 Å². The number of benzene rings is 2. The maximum atomic E-state index is 13.4. The fourth-order valence-electron chi connectivity index (χ4n) is 3.86.